The molecular weight excluding hydrogens is 218 g/mol. The highest BCUT2D eigenvalue weighted by atomic mass is 15.0. The molecule has 0 heterocycles. The average Bonchev–Trinajstić information content (AvgIpc) is 3.15. The van der Waals surface area contributed by atoms with Crippen molar-refractivity contribution in [3.8, 4) is 0 Å². The van der Waals surface area contributed by atoms with Crippen molar-refractivity contribution in [1.82, 2.24) is 5.32 Å². The van der Waals surface area contributed by atoms with Crippen molar-refractivity contribution < 1.29 is 0 Å². The van der Waals surface area contributed by atoms with Crippen molar-refractivity contribution in [2.45, 2.75) is 59.4 Å². The van der Waals surface area contributed by atoms with E-state index in [0.717, 1.165) is 12.6 Å². The molecule has 0 bridgehead atoms. The van der Waals surface area contributed by atoms with Gasteiger partial charge in [-0.1, -0.05) is 37.6 Å². The maximum atomic E-state index is 3.70. The number of hydrogen-bond donors (Lipinski definition) is 1. The van der Waals surface area contributed by atoms with Gasteiger partial charge in [0.25, 0.3) is 0 Å². The molecule has 100 valence electrons. The molecule has 1 nitrogen and oxygen atoms in total. The molecule has 0 aromatic heterocycles. The molecule has 1 unspecified atom stereocenters. The standard InChI is InChI=1S/C17H27N/c1-5-17(4,12-18-16-8-9-16)11-15-10-13(2)6-7-14(15)3/h6-7,10,16,18H,5,8-9,11-12H2,1-4H3. The SMILES string of the molecule is CCC(C)(CNC1CC1)Cc1cc(C)ccc1C. The second kappa shape index (κ2) is 5.44. The van der Waals surface area contributed by atoms with E-state index in [4.69, 9.17) is 0 Å². The lowest BCUT2D eigenvalue weighted by molar-refractivity contribution is 0.288. The molecular formula is C17H27N. The van der Waals surface area contributed by atoms with Gasteiger partial charge in [0.1, 0.15) is 0 Å². The van der Waals surface area contributed by atoms with E-state index in [1.807, 2.05) is 0 Å². The van der Waals surface area contributed by atoms with E-state index >= 15 is 0 Å². The molecule has 1 heteroatoms. The fourth-order valence-corrected chi connectivity index (χ4v) is 2.44. The third-order valence-electron chi connectivity index (χ3n) is 4.37. The van der Waals surface area contributed by atoms with E-state index in [1.165, 1.54) is 42.4 Å². The number of hydrogen-bond acceptors (Lipinski definition) is 1. The van der Waals surface area contributed by atoms with Crippen LogP contribution in [0.25, 0.3) is 0 Å². The van der Waals surface area contributed by atoms with Gasteiger partial charge in [-0.25, -0.2) is 0 Å². The Morgan fingerprint density at radius 3 is 2.61 bits per heavy atom. The second-order valence-electron chi connectivity index (χ2n) is 6.43. The summed E-state index contributed by atoms with van der Waals surface area (Å²) < 4.78 is 0. The van der Waals surface area contributed by atoms with Crippen LogP contribution in [0.5, 0.6) is 0 Å². The first kappa shape index (κ1) is 13.6. The van der Waals surface area contributed by atoms with Crippen molar-refractivity contribution in [2.75, 3.05) is 6.54 Å². The van der Waals surface area contributed by atoms with Gasteiger partial charge in [0.2, 0.25) is 0 Å². The zero-order valence-electron chi connectivity index (χ0n) is 12.3. The van der Waals surface area contributed by atoms with Crippen LogP contribution in [0.2, 0.25) is 0 Å². The predicted molar refractivity (Wildman–Crippen MR) is 79.0 cm³/mol. The minimum Gasteiger partial charge on any atom is -0.313 e. The van der Waals surface area contributed by atoms with Crippen LogP contribution in [-0.4, -0.2) is 12.6 Å². The largest absolute Gasteiger partial charge is 0.313 e. The molecule has 0 saturated heterocycles. The topological polar surface area (TPSA) is 12.0 Å². The van der Waals surface area contributed by atoms with Gasteiger partial charge in [0.05, 0.1) is 0 Å². The number of aryl methyl sites for hydroxylation is 2. The van der Waals surface area contributed by atoms with Crippen molar-refractivity contribution in [3.05, 3.63) is 34.9 Å². The summed E-state index contributed by atoms with van der Waals surface area (Å²) in [6.07, 6.45) is 5.18. The molecule has 18 heavy (non-hydrogen) atoms. The molecule has 1 aromatic rings. The van der Waals surface area contributed by atoms with E-state index in [2.05, 4.69) is 51.2 Å². The van der Waals surface area contributed by atoms with Gasteiger partial charge in [-0.15, -0.1) is 0 Å². The van der Waals surface area contributed by atoms with E-state index in [0.29, 0.717) is 5.41 Å². The Hall–Kier alpha value is -0.820. The Morgan fingerprint density at radius 2 is 2.00 bits per heavy atom. The van der Waals surface area contributed by atoms with E-state index in [-0.39, 0.29) is 0 Å². The molecule has 1 saturated carbocycles. The zero-order valence-corrected chi connectivity index (χ0v) is 12.3. The lowest BCUT2D eigenvalue weighted by Gasteiger charge is -2.30. The van der Waals surface area contributed by atoms with Crippen molar-refractivity contribution in [3.63, 3.8) is 0 Å². The van der Waals surface area contributed by atoms with Crippen LogP contribution >= 0.6 is 0 Å². The molecule has 0 spiro atoms. The zero-order chi connectivity index (χ0) is 13.2. The summed E-state index contributed by atoms with van der Waals surface area (Å²) in [5.74, 6) is 0. The summed E-state index contributed by atoms with van der Waals surface area (Å²) in [6.45, 7) is 10.3. The van der Waals surface area contributed by atoms with Gasteiger partial charge in [-0.3, -0.25) is 0 Å². The highest BCUT2D eigenvalue weighted by Gasteiger charge is 2.27. The molecule has 2 rings (SSSR count). The minimum absolute atomic E-state index is 0.390. The Bertz CT molecular complexity index is 406. The van der Waals surface area contributed by atoms with Crippen LogP contribution < -0.4 is 5.32 Å². The summed E-state index contributed by atoms with van der Waals surface area (Å²) in [6, 6.07) is 7.65. The maximum Gasteiger partial charge on any atom is 0.00684 e. The first-order valence-corrected chi connectivity index (χ1v) is 7.32. The van der Waals surface area contributed by atoms with Crippen molar-refractivity contribution in [1.29, 1.82) is 0 Å². The van der Waals surface area contributed by atoms with Gasteiger partial charge in [0.15, 0.2) is 0 Å². The molecule has 0 amide bonds. The fraction of sp³-hybridized carbons (Fsp3) is 0.647. The van der Waals surface area contributed by atoms with Crippen molar-refractivity contribution >= 4 is 0 Å². The minimum atomic E-state index is 0.390. The molecule has 0 aliphatic heterocycles. The summed E-state index contributed by atoms with van der Waals surface area (Å²) in [7, 11) is 0. The monoisotopic (exact) mass is 245 g/mol. The molecule has 1 fully saturated rings. The van der Waals surface area contributed by atoms with Crippen LogP contribution in [0.3, 0.4) is 0 Å². The molecule has 1 aliphatic carbocycles. The Labute approximate surface area is 112 Å². The number of nitrogens with one attached hydrogen (secondary N) is 1. The van der Waals surface area contributed by atoms with Crippen LogP contribution in [0, 0.1) is 19.3 Å². The Morgan fingerprint density at radius 1 is 1.28 bits per heavy atom. The van der Waals surface area contributed by atoms with E-state index in [1.54, 1.807) is 0 Å². The molecule has 1 aliphatic rings. The highest BCUT2D eigenvalue weighted by molar-refractivity contribution is 5.31. The van der Waals surface area contributed by atoms with Crippen LogP contribution in [0.1, 0.15) is 49.8 Å². The van der Waals surface area contributed by atoms with Crippen LogP contribution in [-0.2, 0) is 6.42 Å². The molecule has 0 radical (unpaired) electrons. The molecule has 1 atom stereocenters. The summed E-state index contributed by atoms with van der Waals surface area (Å²) >= 11 is 0. The summed E-state index contributed by atoms with van der Waals surface area (Å²) in [4.78, 5) is 0. The quantitative estimate of drug-likeness (QED) is 0.798. The van der Waals surface area contributed by atoms with Gasteiger partial charge in [0, 0.05) is 12.6 Å². The molecule has 1 N–H and O–H groups in total. The molecule has 1 aromatic carbocycles. The normalized spacial score (nSPS) is 18.7. The van der Waals surface area contributed by atoms with Crippen molar-refractivity contribution in [2.24, 2.45) is 5.41 Å². The van der Waals surface area contributed by atoms with Gasteiger partial charge >= 0.3 is 0 Å². The first-order chi connectivity index (χ1) is 8.52. The predicted octanol–water partition coefficient (Wildman–Crippen LogP) is 4.01. The number of rotatable bonds is 6. The second-order valence-corrected chi connectivity index (χ2v) is 6.43. The maximum absolute atomic E-state index is 3.70. The average molecular weight is 245 g/mol. The smallest absolute Gasteiger partial charge is 0.00684 e. The third kappa shape index (κ3) is 3.58. The van der Waals surface area contributed by atoms with Gasteiger partial charge in [-0.05, 0) is 56.1 Å². The van der Waals surface area contributed by atoms with E-state index in [9.17, 15) is 0 Å². The Kier molecular flexibility index (Phi) is 4.11. The fourth-order valence-electron chi connectivity index (χ4n) is 2.44. The summed E-state index contributed by atoms with van der Waals surface area (Å²) in [5.41, 5.74) is 4.73. The van der Waals surface area contributed by atoms with Gasteiger partial charge in [-0.2, -0.15) is 0 Å². The Balaban J connectivity index is 2.04. The number of benzene rings is 1. The van der Waals surface area contributed by atoms with Crippen LogP contribution in [0.4, 0.5) is 0 Å². The van der Waals surface area contributed by atoms with E-state index < -0.39 is 0 Å². The van der Waals surface area contributed by atoms with Crippen LogP contribution in [0.15, 0.2) is 18.2 Å². The highest BCUT2D eigenvalue weighted by Crippen LogP contribution is 2.29. The summed E-state index contributed by atoms with van der Waals surface area (Å²) in [5, 5.41) is 3.70. The first-order valence-electron chi connectivity index (χ1n) is 7.32. The van der Waals surface area contributed by atoms with Gasteiger partial charge < -0.3 is 5.32 Å². The lowest BCUT2D eigenvalue weighted by Crippen LogP contribution is -2.34. The third-order valence-corrected chi connectivity index (χ3v) is 4.37. The lowest BCUT2D eigenvalue weighted by atomic mass is 9.79.